The molecule has 0 spiro atoms. The van der Waals surface area contributed by atoms with Gasteiger partial charge in [-0.3, -0.25) is 14.5 Å². The van der Waals surface area contributed by atoms with E-state index in [1.807, 2.05) is 36.2 Å². The molecule has 0 heterocycles. The second-order valence-corrected chi connectivity index (χ2v) is 5.39. The van der Waals surface area contributed by atoms with Crippen molar-refractivity contribution in [1.29, 1.82) is 0 Å². The van der Waals surface area contributed by atoms with Crippen molar-refractivity contribution in [2.75, 3.05) is 32.6 Å². The van der Waals surface area contributed by atoms with E-state index < -0.39 is 0 Å². The number of carbonyl (C=O) groups excluding carboxylic acids is 2. The molecule has 1 N–H and O–H groups in total. The molecule has 1 aromatic carbocycles. The van der Waals surface area contributed by atoms with Crippen LogP contribution in [0.2, 0.25) is 0 Å². The Morgan fingerprint density at radius 1 is 1.30 bits per heavy atom. The largest absolute Gasteiger partial charge is 0.469 e. The standard InChI is InChI=1S/C14H19BrN2O3/c1-17(9-3-4-14(19)20-2)10-13(18)16-12-7-5-11(15)6-8-12/h5-8H,3-4,9-10H2,1-2H3,(H,16,18). The molecule has 0 unspecified atom stereocenters. The summed E-state index contributed by atoms with van der Waals surface area (Å²) >= 11 is 3.34. The Morgan fingerprint density at radius 3 is 2.55 bits per heavy atom. The summed E-state index contributed by atoms with van der Waals surface area (Å²) in [5.41, 5.74) is 0.765. The number of halogens is 1. The first-order valence-electron chi connectivity index (χ1n) is 6.32. The number of benzene rings is 1. The van der Waals surface area contributed by atoms with Gasteiger partial charge in [0.25, 0.3) is 0 Å². The van der Waals surface area contributed by atoms with E-state index in [-0.39, 0.29) is 18.4 Å². The number of nitrogens with zero attached hydrogens (tertiary/aromatic N) is 1. The Hall–Kier alpha value is -1.40. The van der Waals surface area contributed by atoms with Crippen molar-refractivity contribution >= 4 is 33.5 Å². The van der Waals surface area contributed by atoms with Crippen LogP contribution < -0.4 is 5.32 Å². The second-order valence-electron chi connectivity index (χ2n) is 4.47. The number of methoxy groups -OCH3 is 1. The van der Waals surface area contributed by atoms with Crippen LogP contribution in [-0.4, -0.2) is 44.0 Å². The van der Waals surface area contributed by atoms with Gasteiger partial charge in [-0.15, -0.1) is 0 Å². The summed E-state index contributed by atoms with van der Waals surface area (Å²) in [6.45, 7) is 0.958. The number of ether oxygens (including phenoxy) is 1. The van der Waals surface area contributed by atoms with Crippen LogP contribution in [0, 0.1) is 0 Å². The third-order valence-corrected chi connectivity index (χ3v) is 3.22. The first-order chi connectivity index (χ1) is 9.51. The SMILES string of the molecule is COC(=O)CCCN(C)CC(=O)Nc1ccc(Br)cc1. The van der Waals surface area contributed by atoms with Crippen LogP contribution >= 0.6 is 15.9 Å². The molecule has 6 heteroatoms. The van der Waals surface area contributed by atoms with Crippen molar-refractivity contribution < 1.29 is 14.3 Å². The monoisotopic (exact) mass is 342 g/mol. The van der Waals surface area contributed by atoms with Crippen molar-refractivity contribution in [3.8, 4) is 0 Å². The van der Waals surface area contributed by atoms with E-state index in [0.717, 1.165) is 10.2 Å². The van der Waals surface area contributed by atoms with E-state index in [9.17, 15) is 9.59 Å². The van der Waals surface area contributed by atoms with Crippen LogP contribution in [0.4, 0.5) is 5.69 Å². The normalized spacial score (nSPS) is 10.4. The molecule has 20 heavy (non-hydrogen) atoms. The minimum Gasteiger partial charge on any atom is -0.469 e. The van der Waals surface area contributed by atoms with Crippen molar-refractivity contribution in [3.05, 3.63) is 28.7 Å². The van der Waals surface area contributed by atoms with Crippen LogP contribution in [0.1, 0.15) is 12.8 Å². The van der Waals surface area contributed by atoms with E-state index in [1.165, 1.54) is 7.11 Å². The summed E-state index contributed by atoms with van der Waals surface area (Å²) in [5.74, 6) is -0.300. The minimum atomic E-state index is -0.224. The van der Waals surface area contributed by atoms with E-state index in [1.54, 1.807) is 0 Å². The third-order valence-electron chi connectivity index (χ3n) is 2.69. The molecule has 0 aliphatic carbocycles. The van der Waals surface area contributed by atoms with Gasteiger partial charge in [0.1, 0.15) is 0 Å². The maximum absolute atomic E-state index is 11.8. The highest BCUT2D eigenvalue weighted by Crippen LogP contribution is 2.13. The Bertz CT molecular complexity index is 448. The van der Waals surface area contributed by atoms with Crippen LogP contribution in [0.25, 0.3) is 0 Å². The number of rotatable bonds is 7. The zero-order valence-electron chi connectivity index (χ0n) is 11.7. The summed E-state index contributed by atoms with van der Waals surface area (Å²) in [6, 6.07) is 7.41. The van der Waals surface area contributed by atoms with Gasteiger partial charge in [0.15, 0.2) is 0 Å². The predicted molar refractivity (Wildman–Crippen MR) is 81.5 cm³/mol. The highest BCUT2D eigenvalue weighted by Gasteiger charge is 2.08. The lowest BCUT2D eigenvalue weighted by Gasteiger charge is -2.15. The average molecular weight is 343 g/mol. The summed E-state index contributed by atoms with van der Waals surface area (Å²) in [7, 11) is 3.22. The number of anilines is 1. The van der Waals surface area contributed by atoms with E-state index in [0.29, 0.717) is 19.4 Å². The highest BCUT2D eigenvalue weighted by molar-refractivity contribution is 9.10. The van der Waals surface area contributed by atoms with Gasteiger partial charge >= 0.3 is 5.97 Å². The van der Waals surface area contributed by atoms with Crippen LogP contribution in [0.3, 0.4) is 0 Å². The summed E-state index contributed by atoms with van der Waals surface area (Å²) < 4.78 is 5.53. The lowest BCUT2D eigenvalue weighted by Crippen LogP contribution is -2.31. The van der Waals surface area contributed by atoms with Gasteiger partial charge in [-0.2, -0.15) is 0 Å². The zero-order chi connectivity index (χ0) is 15.0. The number of likely N-dealkylation sites (N-methyl/N-ethyl adjacent to an activating group) is 1. The number of amides is 1. The van der Waals surface area contributed by atoms with Crippen molar-refractivity contribution in [3.63, 3.8) is 0 Å². The Morgan fingerprint density at radius 2 is 1.95 bits per heavy atom. The van der Waals surface area contributed by atoms with Gasteiger partial charge in [-0.25, -0.2) is 0 Å². The molecule has 110 valence electrons. The van der Waals surface area contributed by atoms with Crippen LogP contribution in [-0.2, 0) is 14.3 Å². The molecular weight excluding hydrogens is 324 g/mol. The topological polar surface area (TPSA) is 58.6 Å². The summed E-state index contributed by atoms with van der Waals surface area (Å²) in [5, 5.41) is 2.82. The number of esters is 1. The maximum Gasteiger partial charge on any atom is 0.305 e. The fraction of sp³-hybridized carbons (Fsp3) is 0.429. The molecule has 0 saturated carbocycles. The first-order valence-corrected chi connectivity index (χ1v) is 7.11. The maximum atomic E-state index is 11.8. The van der Waals surface area contributed by atoms with E-state index in [2.05, 4.69) is 26.0 Å². The number of hydrogen-bond donors (Lipinski definition) is 1. The Labute approximate surface area is 127 Å². The molecule has 0 atom stereocenters. The number of hydrogen-bond acceptors (Lipinski definition) is 4. The van der Waals surface area contributed by atoms with Gasteiger partial charge in [0.2, 0.25) is 5.91 Å². The van der Waals surface area contributed by atoms with E-state index in [4.69, 9.17) is 0 Å². The van der Waals surface area contributed by atoms with Crippen molar-refractivity contribution in [2.24, 2.45) is 0 Å². The predicted octanol–water partition coefficient (Wildman–Crippen LogP) is 2.27. The van der Waals surface area contributed by atoms with Crippen molar-refractivity contribution in [2.45, 2.75) is 12.8 Å². The van der Waals surface area contributed by atoms with Gasteiger partial charge in [-0.1, -0.05) is 15.9 Å². The van der Waals surface area contributed by atoms with Gasteiger partial charge in [-0.05, 0) is 44.3 Å². The molecule has 0 aliphatic rings. The quantitative estimate of drug-likeness (QED) is 0.772. The van der Waals surface area contributed by atoms with Gasteiger partial charge in [0, 0.05) is 16.6 Å². The fourth-order valence-corrected chi connectivity index (χ4v) is 1.92. The second kappa shape index (κ2) is 8.71. The van der Waals surface area contributed by atoms with Gasteiger partial charge < -0.3 is 10.1 Å². The molecule has 0 aliphatic heterocycles. The summed E-state index contributed by atoms with van der Waals surface area (Å²) in [4.78, 5) is 24.6. The lowest BCUT2D eigenvalue weighted by molar-refractivity contribution is -0.140. The molecule has 0 radical (unpaired) electrons. The van der Waals surface area contributed by atoms with Gasteiger partial charge in [0.05, 0.1) is 13.7 Å². The number of nitrogens with one attached hydrogen (secondary N) is 1. The van der Waals surface area contributed by atoms with Crippen molar-refractivity contribution in [1.82, 2.24) is 4.90 Å². The molecule has 1 aromatic rings. The zero-order valence-corrected chi connectivity index (χ0v) is 13.3. The molecule has 1 rings (SSSR count). The Balaban J connectivity index is 2.27. The third kappa shape index (κ3) is 6.68. The minimum absolute atomic E-state index is 0.0760. The smallest absolute Gasteiger partial charge is 0.305 e. The molecule has 0 fully saturated rings. The molecular formula is C14H19BrN2O3. The Kier molecular flexibility index (Phi) is 7.25. The van der Waals surface area contributed by atoms with Crippen LogP contribution in [0.5, 0.6) is 0 Å². The number of carbonyl (C=O) groups is 2. The average Bonchev–Trinajstić information content (AvgIpc) is 2.41. The molecule has 5 nitrogen and oxygen atoms in total. The first kappa shape index (κ1) is 16.7. The molecule has 0 saturated heterocycles. The molecule has 1 amide bonds. The van der Waals surface area contributed by atoms with Crippen LogP contribution in [0.15, 0.2) is 28.7 Å². The summed E-state index contributed by atoms with van der Waals surface area (Å²) in [6.07, 6.45) is 1.05. The highest BCUT2D eigenvalue weighted by atomic mass is 79.9. The molecule has 0 aromatic heterocycles. The fourth-order valence-electron chi connectivity index (χ4n) is 1.65. The lowest BCUT2D eigenvalue weighted by atomic mass is 10.3. The molecule has 0 bridgehead atoms. The van der Waals surface area contributed by atoms with E-state index >= 15 is 0 Å².